The van der Waals surface area contributed by atoms with Gasteiger partial charge in [-0.15, -0.1) is 6.58 Å². The highest BCUT2D eigenvalue weighted by molar-refractivity contribution is 5.99. The quantitative estimate of drug-likeness (QED) is 0.265. The Balaban J connectivity index is 4.52. The van der Waals surface area contributed by atoms with Crippen LogP contribution in [0.3, 0.4) is 0 Å². The summed E-state index contributed by atoms with van der Waals surface area (Å²) in [5.74, 6) is -0.977. The average Bonchev–Trinajstić information content (AvgIpc) is 2.38. The van der Waals surface area contributed by atoms with Crippen molar-refractivity contribution in [3.8, 4) is 0 Å². The SMILES string of the molecule is C=CCCCCCC(C)(C(=O)OCC)C(=O)OCC. The Morgan fingerprint density at radius 3 is 2.00 bits per heavy atom. The van der Waals surface area contributed by atoms with E-state index in [9.17, 15) is 9.59 Å². The van der Waals surface area contributed by atoms with Gasteiger partial charge in [-0.3, -0.25) is 9.59 Å². The molecule has 110 valence electrons. The number of unbranched alkanes of at least 4 members (excludes halogenated alkanes) is 3. The number of hydrogen-bond acceptors (Lipinski definition) is 4. The minimum Gasteiger partial charge on any atom is -0.465 e. The van der Waals surface area contributed by atoms with Gasteiger partial charge in [0.1, 0.15) is 0 Å². The molecule has 4 nitrogen and oxygen atoms in total. The predicted molar refractivity (Wildman–Crippen MR) is 74.7 cm³/mol. The Morgan fingerprint density at radius 1 is 1.05 bits per heavy atom. The first-order valence-electron chi connectivity index (χ1n) is 6.98. The molecule has 0 aliphatic heterocycles. The first-order chi connectivity index (χ1) is 9.02. The van der Waals surface area contributed by atoms with Crippen LogP contribution >= 0.6 is 0 Å². The third-order valence-electron chi connectivity index (χ3n) is 3.04. The molecular weight excluding hydrogens is 244 g/mol. The van der Waals surface area contributed by atoms with Crippen molar-refractivity contribution in [2.24, 2.45) is 5.41 Å². The van der Waals surface area contributed by atoms with Crippen LogP contribution < -0.4 is 0 Å². The van der Waals surface area contributed by atoms with Crippen molar-refractivity contribution in [2.75, 3.05) is 13.2 Å². The number of rotatable bonds is 10. The molecule has 0 aromatic carbocycles. The number of carbonyl (C=O) groups is 2. The maximum absolute atomic E-state index is 12.0. The van der Waals surface area contributed by atoms with Crippen molar-refractivity contribution >= 4 is 11.9 Å². The fourth-order valence-electron chi connectivity index (χ4n) is 1.81. The van der Waals surface area contributed by atoms with E-state index in [0.717, 1.165) is 25.7 Å². The molecular formula is C15H26O4. The molecule has 0 radical (unpaired) electrons. The van der Waals surface area contributed by atoms with Gasteiger partial charge in [-0.05, 0) is 40.0 Å². The lowest BCUT2D eigenvalue weighted by atomic mass is 9.84. The molecule has 0 saturated carbocycles. The molecule has 0 N–H and O–H groups in total. The van der Waals surface area contributed by atoms with Gasteiger partial charge < -0.3 is 9.47 Å². The molecule has 0 spiro atoms. The molecule has 4 heteroatoms. The van der Waals surface area contributed by atoms with Gasteiger partial charge in [0.05, 0.1) is 13.2 Å². The number of ether oxygens (including phenoxy) is 2. The third kappa shape index (κ3) is 5.90. The molecule has 0 amide bonds. The summed E-state index contributed by atoms with van der Waals surface area (Å²) >= 11 is 0. The molecule has 19 heavy (non-hydrogen) atoms. The van der Waals surface area contributed by atoms with Gasteiger partial charge in [-0.25, -0.2) is 0 Å². The summed E-state index contributed by atoms with van der Waals surface area (Å²) < 4.78 is 9.99. The number of hydrogen-bond donors (Lipinski definition) is 0. The van der Waals surface area contributed by atoms with E-state index in [1.807, 2.05) is 6.08 Å². The van der Waals surface area contributed by atoms with Crippen LogP contribution in [0.25, 0.3) is 0 Å². The van der Waals surface area contributed by atoms with Crippen molar-refractivity contribution < 1.29 is 19.1 Å². The van der Waals surface area contributed by atoms with Gasteiger partial charge in [0.25, 0.3) is 0 Å². The average molecular weight is 270 g/mol. The molecule has 0 atom stereocenters. The molecule has 0 aromatic rings. The van der Waals surface area contributed by atoms with Crippen LogP contribution in [0.4, 0.5) is 0 Å². The van der Waals surface area contributed by atoms with Gasteiger partial charge in [-0.1, -0.05) is 18.9 Å². The molecule has 0 heterocycles. The monoisotopic (exact) mass is 270 g/mol. The minimum absolute atomic E-state index is 0.268. The van der Waals surface area contributed by atoms with Crippen molar-refractivity contribution in [1.29, 1.82) is 0 Å². The normalized spacial score (nSPS) is 10.9. The summed E-state index contributed by atoms with van der Waals surface area (Å²) in [6, 6.07) is 0. The molecule has 0 aliphatic rings. The van der Waals surface area contributed by atoms with Crippen molar-refractivity contribution in [2.45, 2.75) is 52.9 Å². The highest BCUT2D eigenvalue weighted by Crippen LogP contribution is 2.28. The van der Waals surface area contributed by atoms with E-state index in [-0.39, 0.29) is 13.2 Å². The Hall–Kier alpha value is -1.32. The third-order valence-corrected chi connectivity index (χ3v) is 3.04. The van der Waals surface area contributed by atoms with E-state index in [1.54, 1.807) is 20.8 Å². The summed E-state index contributed by atoms with van der Waals surface area (Å²) in [6.45, 7) is 9.27. The summed E-state index contributed by atoms with van der Waals surface area (Å²) in [5.41, 5.74) is -1.18. The lowest BCUT2D eigenvalue weighted by Gasteiger charge is -2.24. The fraction of sp³-hybridized carbons (Fsp3) is 0.733. The zero-order valence-corrected chi connectivity index (χ0v) is 12.4. The highest BCUT2D eigenvalue weighted by atomic mass is 16.6. The Labute approximate surface area is 116 Å². The lowest BCUT2D eigenvalue weighted by molar-refractivity contribution is -0.171. The smallest absolute Gasteiger partial charge is 0.323 e. The van der Waals surface area contributed by atoms with Crippen LogP contribution in [0.2, 0.25) is 0 Å². The van der Waals surface area contributed by atoms with E-state index in [4.69, 9.17) is 9.47 Å². The van der Waals surface area contributed by atoms with Crippen LogP contribution in [0.1, 0.15) is 52.9 Å². The second-order valence-corrected chi connectivity index (χ2v) is 4.66. The molecule has 0 aliphatic carbocycles. The molecule has 0 aromatic heterocycles. The Bertz CT molecular complexity index is 279. The maximum Gasteiger partial charge on any atom is 0.323 e. The van der Waals surface area contributed by atoms with Crippen molar-refractivity contribution in [3.05, 3.63) is 12.7 Å². The van der Waals surface area contributed by atoms with Gasteiger partial charge >= 0.3 is 11.9 Å². The highest BCUT2D eigenvalue weighted by Gasteiger charge is 2.43. The van der Waals surface area contributed by atoms with Crippen molar-refractivity contribution in [3.63, 3.8) is 0 Å². The second kappa shape index (κ2) is 9.59. The molecule has 0 unspecified atom stereocenters. The zero-order chi connectivity index (χ0) is 14.7. The number of esters is 2. The van der Waals surface area contributed by atoms with Crippen molar-refractivity contribution in [1.82, 2.24) is 0 Å². The number of carbonyl (C=O) groups excluding carboxylic acids is 2. The lowest BCUT2D eigenvalue weighted by Crippen LogP contribution is -2.39. The minimum atomic E-state index is -1.18. The van der Waals surface area contributed by atoms with Crippen LogP contribution in [0.5, 0.6) is 0 Å². The predicted octanol–water partition coefficient (Wildman–Crippen LogP) is 3.26. The standard InChI is InChI=1S/C15H26O4/c1-5-8-9-10-11-12-15(4,13(16)18-6-2)14(17)19-7-3/h5H,1,6-12H2,2-4H3. The van der Waals surface area contributed by atoms with Crippen LogP contribution in [-0.4, -0.2) is 25.2 Å². The first kappa shape index (κ1) is 17.7. The first-order valence-corrected chi connectivity index (χ1v) is 6.98. The van der Waals surface area contributed by atoms with E-state index >= 15 is 0 Å². The Kier molecular flexibility index (Phi) is 8.92. The van der Waals surface area contributed by atoms with Gasteiger partial charge in [-0.2, -0.15) is 0 Å². The summed E-state index contributed by atoms with van der Waals surface area (Å²) in [6.07, 6.45) is 6.06. The number of allylic oxidation sites excluding steroid dienone is 1. The van der Waals surface area contributed by atoms with Gasteiger partial charge in [0.2, 0.25) is 0 Å². The summed E-state index contributed by atoms with van der Waals surface area (Å²) in [7, 11) is 0. The molecule has 0 fully saturated rings. The fourth-order valence-corrected chi connectivity index (χ4v) is 1.81. The Morgan fingerprint density at radius 2 is 1.58 bits per heavy atom. The van der Waals surface area contributed by atoms with Gasteiger partial charge in [0.15, 0.2) is 5.41 Å². The maximum atomic E-state index is 12.0. The van der Waals surface area contributed by atoms with Crippen LogP contribution in [0.15, 0.2) is 12.7 Å². The second-order valence-electron chi connectivity index (χ2n) is 4.66. The molecule has 0 rings (SSSR count). The molecule has 0 bridgehead atoms. The summed E-state index contributed by atoms with van der Waals surface area (Å²) in [4.78, 5) is 23.9. The van der Waals surface area contributed by atoms with Crippen LogP contribution in [-0.2, 0) is 19.1 Å². The topological polar surface area (TPSA) is 52.6 Å². The van der Waals surface area contributed by atoms with E-state index in [2.05, 4.69) is 6.58 Å². The van der Waals surface area contributed by atoms with E-state index < -0.39 is 17.4 Å². The van der Waals surface area contributed by atoms with E-state index in [1.165, 1.54) is 0 Å². The van der Waals surface area contributed by atoms with E-state index in [0.29, 0.717) is 6.42 Å². The molecule has 0 saturated heterocycles. The van der Waals surface area contributed by atoms with Crippen LogP contribution in [0, 0.1) is 5.41 Å². The van der Waals surface area contributed by atoms with Gasteiger partial charge in [0, 0.05) is 0 Å². The summed E-state index contributed by atoms with van der Waals surface area (Å²) in [5, 5.41) is 0. The largest absolute Gasteiger partial charge is 0.465 e. The zero-order valence-electron chi connectivity index (χ0n) is 12.4.